The van der Waals surface area contributed by atoms with E-state index in [1.807, 2.05) is 12.1 Å². The number of nitrogens with two attached hydrogens (primary N) is 1. The van der Waals surface area contributed by atoms with Crippen molar-refractivity contribution in [2.75, 3.05) is 25.5 Å². The lowest BCUT2D eigenvalue weighted by Crippen LogP contribution is -2.44. The summed E-state index contributed by atoms with van der Waals surface area (Å²) in [5.74, 6) is 0.147. The van der Waals surface area contributed by atoms with Gasteiger partial charge in [-0.05, 0) is 25.0 Å². The number of allylic oxidation sites excluding steroid dienone is 1. The quantitative estimate of drug-likeness (QED) is 0.686. The maximum atomic E-state index is 13.8. The lowest BCUT2D eigenvalue weighted by Gasteiger charge is -2.42. The van der Waals surface area contributed by atoms with Crippen LogP contribution in [0.3, 0.4) is 0 Å². The number of halogens is 1. The third-order valence-corrected chi connectivity index (χ3v) is 6.93. The van der Waals surface area contributed by atoms with E-state index >= 15 is 0 Å². The highest BCUT2D eigenvalue weighted by Crippen LogP contribution is 2.44. The molecule has 2 aromatic rings. The Balaban J connectivity index is 1.44. The molecule has 3 N–H and O–H groups in total. The maximum Gasteiger partial charge on any atom is 0.315 e. The average Bonchev–Trinajstić information content (AvgIpc) is 3.13. The third kappa shape index (κ3) is 3.79. The Morgan fingerprint density at radius 3 is 2.80 bits per heavy atom. The van der Waals surface area contributed by atoms with Gasteiger partial charge >= 0.3 is 6.03 Å². The Kier molecular flexibility index (Phi) is 5.50. The first-order chi connectivity index (χ1) is 14.4. The zero-order valence-electron chi connectivity index (χ0n) is 16.8. The van der Waals surface area contributed by atoms with Crippen LogP contribution in [0.15, 0.2) is 29.5 Å². The zero-order valence-corrected chi connectivity index (χ0v) is 17.6. The number of thiazole rings is 1. The molecule has 10 heteroatoms. The fourth-order valence-corrected chi connectivity index (χ4v) is 5.13. The van der Waals surface area contributed by atoms with Crippen LogP contribution in [0.4, 0.5) is 15.0 Å². The highest BCUT2D eigenvalue weighted by Gasteiger charge is 2.42. The molecule has 0 bridgehead atoms. The molecule has 1 saturated carbocycles. The number of nitrogens with one attached hydrogen (secondary N) is 1. The monoisotopic (exact) mass is 429 g/mol. The highest BCUT2D eigenvalue weighted by atomic mass is 32.1. The fraction of sp³-hybridized carbons (Fsp3) is 0.450. The summed E-state index contributed by atoms with van der Waals surface area (Å²) in [6.45, 7) is 5.03. The van der Waals surface area contributed by atoms with E-state index in [1.165, 1.54) is 11.3 Å². The molecule has 4 rings (SSSR count). The summed E-state index contributed by atoms with van der Waals surface area (Å²) in [6.07, 6.45) is 3.47. The minimum Gasteiger partial charge on any atom is -0.368 e. The van der Waals surface area contributed by atoms with Crippen molar-refractivity contribution in [3.05, 3.63) is 35.1 Å². The van der Waals surface area contributed by atoms with Crippen LogP contribution < -0.4 is 11.1 Å². The van der Waals surface area contributed by atoms with Gasteiger partial charge in [0.25, 0.3) is 0 Å². The number of aliphatic imine (C=N–C) groups is 1. The van der Waals surface area contributed by atoms with Gasteiger partial charge in [0.15, 0.2) is 0 Å². The van der Waals surface area contributed by atoms with Crippen LogP contribution in [0.1, 0.15) is 29.8 Å². The minimum absolute atomic E-state index is 0.332. The lowest BCUT2D eigenvalue weighted by molar-refractivity contribution is 0.202. The minimum atomic E-state index is -0.469. The Labute approximate surface area is 178 Å². The topological polar surface area (TPSA) is 109 Å². The van der Waals surface area contributed by atoms with Gasteiger partial charge in [0, 0.05) is 36.9 Å². The molecule has 0 spiro atoms. The first-order valence-electron chi connectivity index (χ1n) is 9.85. The molecule has 2 amide bonds. The van der Waals surface area contributed by atoms with Gasteiger partial charge in [-0.2, -0.15) is 0 Å². The zero-order chi connectivity index (χ0) is 21.3. The number of primary amides is 1. The molecule has 0 aromatic carbocycles. The van der Waals surface area contributed by atoms with E-state index in [2.05, 4.69) is 32.1 Å². The number of carbonyl (C=O) groups excluding carboxylic acids is 1. The lowest BCUT2D eigenvalue weighted by atomic mass is 9.65. The number of hydrogen-bond donors (Lipinski definition) is 2. The van der Waals surface area contributed by atoms with E-state index < -0.39 is 11.9 Å². The van der Waals surface area contributed by atoms with Crippen LogP contribution in [0.2, 0.25) is 0 Å². The number of carbonyl (C=O) groups is 1. The molecule has 1 aliphatic carbocycles. The molecule has 0 radical (unpaired) electrons. The fourth-order valence-electron chi connectivity index (χ4n) is 4.04. The number of urea groups is 1. The van der Waals surface area contributed by atoms with Crippen LogP contribution in [0, 0.1) is 5.41 Å². The molecular formula is C20H24FN7OS. The third-order valence-electron chi connectivity index (χ3n) is 5.83. The van der Waals surface area contributed by atoms with Crippen LogP contribution in [-0.4, -0.2) is 52.0 Å². The van der Waals surface area contributed by atoms with Gasteiger partial charge in [-0.15, -0.1) is 21.5 Å². The summed E-state index contributed by atoms with van der Waals surface area (Å²) in [5, 5.41) is 12.6. The second-order valence-electron chi connectivity index (χ2n) is 7.67. The number of aromatic nitrogens is 3. The average molecular weight is 430 g/mol. The molecule has 0 unspecified atom stereocenters. The summed E-state index contributed by atoms with van der Waals surface area (Å²) in [6, 6.07) is 3.29. The van der Waals surface area contributed by atoms with E-state index in [0.717, 1.165) is 34.8 Å². The maximum absolute atomic E-state index is 13.8. The Bertz CT molecular complexity index is 997. The highest BCUT2D eigenvalue weighted by molar-refractivity contribution is 7.15. The van der Waals surface area contributed by atoms with Crippen molar-refractivity contribution in [3.63, 3.8) is 0 Å². The molecule has 1 aliphatic heterocycles. The molecule has 0 saturated heterocycles. The largest absolute Gasteiger partial charge is 0.368 e. The first-order valence-corrected chi connectivity index (χ1v) is 10.7. The molecule has 8 nitrogen and oxygen atoms in total. The molecule has 30 heavy (non-hydrogen) atoms. The van der Waals surface area contributed by atoms with E-state index in [4.69, 9.17) is 5.73 Å². The Morgan fingerprint density at radius 2 is 2.23 bits per heavy atom. The molecular weight excluding hydrogens is 405 g/mol. The van der Waals surface area contributed by atoms with Crippen molar-refractivity contribution in [3.8, 4) is 10.7 Å². The molecule has 2 aromatic heterocycles. The Morgan fingerprint density at radius 1 is 1.43 bits per heavy atom. The van der Waals surface area contributed by atoms with E-state index in [1.54, 1.807) is 11.9 Å². The van der Waals surface area contributed by atoms with Gasteiger partial charge in [0.05, 0.1) is 18.0 Å². The van der Waals surface area contributed by atoms with Gasteiger partial charge in [-0.1, -0.05) is 13.0 Å². The molecule has 3 heterocycles. The van der Waals surface area contributed by atoms with Crippen LogP contribution in [0.5, 0.6) is 0 Å². The van der Waals surface area contributed by atoms with Gasteiger partial charge < -0.3 is 16.0 Å². The number of rotatable bonds is 6. The van der Waals surface area contributed by atoms with Crippen molar-refractivity contribution in [1.29, 1.82) is 0 Å². The SMILES string of the molecule is C=C(F)C(=NC)C1(CNc2ccc(-c3nc4c(s3)CN(C(N)=O)CC4)nn2)CCC1. The number of hydrogen-bond acceptors (Lipinski definition) is 7. The Hall–Kier alpha value is -2.88. The normalized spacial score (nSPS) is 17.8. The van der Waals surface area contributed by atoms with Crippen molar-refractivity contribution in [2.24, 2.45) is 16.1 Å². The van der Waals surface area contributed by atoms with Gasteiger partial charge in [-0.25, -0.2) is 14.2 Å². The van der Waals surface area contributed by atoms with Crippen molar-refractivity contribution >= 4 is 28.9 Å². The number of fused-ring (bicyclic) bond motifs is 1. The number of anilines is 1. The number of amides is 2. The standard InChI is InChI=1S/C20H24FN7OS/c1-12(21)17(23-2)20(7-3-8-20)11-24-16-5-4-14(26-27-16)18-25-13-6-9-28(19(22)29)10-15(13)30-18/h4-5H,1,3,6-11H2,2H3,(H2,22,29)(H,24,27). The smallest absolute Gasteiger partial charge is 0.315 e. The van der Waals surface area contributed by atoms with Gasteiger partial charge in [-0.3, -0.25) is 4.99 Å². The summed E-state index contributed by atoms with van der Waals surface area (Å²) in [5.41, 5.74) is 7.15. The van der Waals surface area contributed by atoms with E-state index in [9.17, 15) is 9.18 Å². The number of nitrogens with zero attached hydrogens (tertiary/aromatic N) is 5. The van der Waals surface area contributed by atoms with Crippen molar-refractivity contribution < 1.29 is 9.18 Å². The van der Waals surface area contributed by atoms with Crippen LogP contribution in [-0.2, 0) is 13.0 Å². The molecule has 2 aliphatic rings. The predicted octanol–water partition coefficient (Wildman–Crippen LogP) is 3.17. The van der Waals surface area contributed by atoms with Crippen molar-refractivity contribution in [2.45, 2.75) is 32.2 Å². The van der Waals surface area contributed by atoms with Crippen molar-refractivity contribution in [1.82, 2.24) is 20.1 Å². The molecule has 0 atom stereocenters. The van der Waals surface area contributed by atoms with Gasteiger partial charge in [0.1, 0.15) is 22.3 Å². The summed E-state index contributed by atoms with van der Waals surface area (Å²) in [4.78, 5) is 22.8. The second-order valence-corrected chi connectivity index (χ2v) is 8.75. The molecule has 1 fully saturated rings. The molecule has 158 valence electrons. The predicted molar refractivity (Wildman–Crippen MR) is 115 cm³/mol. The summed E-state index contributed by atoms with van der Waals surface area (Å²) < 4.78 is 13.8. The van der Waals surface area contributed by atoms with Gasteiger partial charge in [0.2, 0.25) is 0 Å². The van der Waals surface area contributed by atoms with Crippen LogP contribution in [0.25, 0.3) is 10.7 Å². The van der Waals surface area contributed by atoms with E-state index in [0.29, 0.717) is 43.3 Å². The van der Waals surface area contributed by atoms with E-state index in [-0.39, 0.29) is 5.41 Å². The summed E-state index contributed by atoms with van der Waals surface area (Å²) >= 11 is 1.51. The van der Waals surface area contributed by atoms with Crippen LogP contribution >= 0.6 is 11.3 Å². The first kappa shape index (κ1) is 20.4. The second kappa shape index (κ2) is 8.10. The summed E-state index contributed by atoms with van der Waals surface area (Å²) in [7, 11) is 1.60.